The molecule has 1 fully saturated rings. The van der Waals surface area contributed by atoms with Gasteiger partial charge in [0.15, 0.2) is 5.69 Å². The largest absolute Gasteiger partial charge is 0.354 e. The Morgan fingerprint density at radius 1 is 0.929 bits per heavy atom. The van der Waals surface area contributed by atoms with Crippen molar-refractivity contribution < 1.29 is 4.92 Å². The first kappa shape index (κ1) is 18.1. The number of nitro groups is 1. The van der Waals surface area contributed by atoms with Crippen LogP contribution in [0, 0.1) is 10.1 Å². The highest BCUT2D eigenvalue weighted by atomic mass is 16.6. The Kier molecular flexibility index (Phi) is 5.25. The molecule has 0 unspecified atom stereocenters. The van der Waals surface area contributed by atoms with Crippen LogP contribution in [0.1, 0.15) is 5.56 Å². The summed E-state index contributed by atoms with van der Waals surface area (Å²) >= 11 is 0. The second-order valence-corrected chi connectivity index (χ2v) is 6.78. The SMILES string of the molecule is O=[N+]([O-])c1ccc(N2CCN(Cc3ccncc3)CC2)nc1-c1ccccc1. The van der Waals surface area contributed by atoms with Crippen molar-refractivity contribution >= 4 is 11.5 Å². The third kappa shape index (κ3) is 3.99. The molecule has 7 heteroatoms. The van der Waals surface area contributed by atoms with Crippen LogP contribution in [-0.4, -0.2) is 46.0 Å². The van der Waals surface area contributed by atoms with E-state index in [1.165, 1.54) is 5.56 Å². The minimum absolute atomic E-state index is 0.0336. The van der Waals surface area contributed by atoms with Gasteiger partial charge >= 0.3 is 0 Å². The number of pyridine rings is 2. The molecule has 0 amide bonds. The van der Waals surface area contributed by atoms with Crippen molar-refractivity contribution in [2.24, 2.45) is 0 Å². The lowest BCUT2D eigenvalue weighted by Gasteiger charge is -2.35. The molecule has 0 radical (unpaired) electrons. The summed E-state index contributed by atoms with van der Waals surface area (Å²) in [5.74, 6) is 0.785. The Hall–Kier alpha value is -3.32. The summed E-state index contributed by atoms with van der Waals surface area (Å²) < 4.78 is 0. The molecule has 1 aliphatic rings. The molecule has 142 valence electrons. The molecule has 0 N–H and O–H groups in total. The van der Waals surface area contributed by atoms with E-state index >= 15 is 0 Å². The van der Waals surface area contributed by atoms with Gasteiger partial charge in [0, 0.05) is 56.7 Å². The molecule has 7 nitrogen and oxygen atoms in total. The lowest BCUT2D eigenvalue weighted by Crippen LogP contribution is -2.46. The zero-order valence-electron chi connectivity index (χ0n) is 15.4. The highest BCUT2D eigenvalue weighted by molar-refractivity contribution is 5.71. The Balaban J connectivity index is 1.50. The zero-order chi connectivity index (χ0) is 19.3. The highest BCUT2D eigenvalue weighted by Gasteiger charge is 2.22. The minimum atomic E-state index is -0.369. The van der Waals surface area contributed by atoms with Crippen molar-refractivity contribution in [1.29, 1.82) is 0 Å². The highest BCUT2D eigenvalue weighted by Crippen LogP contribution is 2.30. The van der Waals surface area contributed by atoms with E-state index in [4.69, 9.17) is 0 Å². The summed E-state index contributed by atoms with van der Waals surface area (Å²) in [6, 6.07) is 16.7. The number of nitrogens with zero attached hydrogens (tertiary/aromatic N) is 5. The van der Waals surface area contributed by atoms with Gasteiger partial charge in [0.1, 0.15) is 5.82 Å². The molecule has 0 spiro atoms. The van der Waals surface area contributed by atoms with Gasteiger partial charge in [-0.3, -0.25) is 20.0 Å². The second kappa shape index (κ2) is 8.14. The van der Waals surface area contributed by atoms with Gasteiger partial charge in [-0.25, -0.2) is 4.98 Å². The molecule has 2 aromatic heterocycles. The number of benzene rings is 1. The maximum atomic E-state index is 11.4. The van der Waals surface area contributed by atoms with E-state index in [9.17, 15) is 10.1 Å². The zero-order valence-corrected chi connectivity index (χ0v) is 15.4. The number of hydrogen-bond acceptors (Lipinski definition) is 6. The fourth-order valence-electron chi connectivity index (χ4n) is 3.45. The van der Waals surface area contributed by atoms with Gasteiger partial charge in [0.2, 0.25) is 0 Å². The molecule has 1 aliphatic heterocycles. The average molecular weight is 375 g/mol. The molecule has 0 aliphatic carbocycles. The van der Waals surface area contributed by atoms with Crippen LogP contribution in [0.2, 0.25) is 0 Å². The van der Waals surface area contributed by atoms with Crippen molar-refractivity contribution in [2.75, 3.05) is 31.1 Å². The number of hydrogen-bond donors (Lipinski definition) is 0. The molecule has 3 heterocycles. The second-order valence-electron chi connectivity index (χ2n) is 6.78. The molecule has 0 atom stereocenters. The maximum absolute atomic E-state index is 11.4. The minimum Gasteiger partial charge on any atom is -0.354 e. The van der Waals surface area contributed by atoms with Crippen LogP contribution < -0.4 is 4.90 Å². The normalized spacial score (nSPS) is 14.8. The monoisotopic (exact) mass is 375 g/mol. The smallest absolute Gasteiger partial charge is 0.295 e. The first-order chi connectivity index (χ1) is 13.7. The molecule has 1 aromatic carbocycles. The predicted octanol–water partition coefficient (Wildman–Crippen LogP) is 3.37. The Bertz CT molecular complexity index is 942. The topological polar surface area (TPSA) is 75.4 Å². The molecular weight excluding hydrogens is 354 g/mol. The Morgan fingerprint density at radius 3 is 2.32 bits per heavy atom. The van der Waals surface area contributed by atoms with Crippen LogP contribution in [0.3, 0.4) is 0 Å². The number of rotatable bonds is 5. The number of piperazine rings is 1. The van der Waals surface area contributed by atoms with Gasteiger partial charge in [0.25, 0.3) is 5.69 Å². The van der Waals surface area contributed by atoms with Crippen LogP contribution in [0.25, 0.3) is 11.3 Å². The third-order valence-corrected chi connectivity index (χ3v) is 4.95. The Morgan fingerprint density at radius 2 is 1.64 bits per heavy atom. The van der Waals surface area contributed by atoms with Crippen LogP contribution in [0.15, 0.2) is 67.0 Å². The van der Waals surface area contributed by atoms with Gasteiger partial charge in [0.05, 0.1) is 4.92 Å². The summed E-state index contributed by atoms with van der Waals surface area (Å²) in [4.78, 5) is 24.4. The van der Waals surface area contributed by atoms with Crippen molar-refractivity contribution in [2.45, 2.75) is 6.54 Å². The van der Waals surface area contributed by atoms with Gasteiger partial charge < -0.3 is 4.90 Å². The standard InChI is InChI=1S/C21H21N5O2/c27-26(28)19-6-7-20(23-21(19)18-4-2-1-3-5-18)25-14-12-24(13-15-25)16-17-8-10-22-11-9-17/h1-11H,12-16H2. The van der Waals surface area contributed by atoms with Crippen molar-refractivity contribution in [1.82, 2.24) is 14.9 Å². The fourth-order valence-corrected chi connectivity index (χ4v) is 3.45. The molecule has 0 saturated carbocycles. The molecular formula is C21H21N5O2. The van der Waals surface area contributed by atoms with E-state index in [-0.39, 0.29) is 10.6 Å². The van der Waals surface area contributed by atoms with E-state index in [0.717, 1.165) is 44.1 Å². The molecule has 4 rings (SSSR count). The maximum Gasteiger partial charge on any atom is 0.295 e. The summed E-state index contributed by atoms with van der Waals surface area (Å²) in [7, 11) is 0. The van der Waals surface area contributed by atoms with Crippen molar-refractivity contribution in [3.05, 3.63) is 82.7 Å². The summed E-state index contributed by atoms with van der Waals surface area (Å²) in [5, 5.41) is 11.4. The fraction of sp³-hybridized carbons (Fsp3) is 0.238. The lowest BCUT2D eigenvalue weighted by molar-refractivity contribution is -0.384. The van der Waals surface area contributed by atoms with Crippen molar-refractivity contribution in [3.8, 4) is 11.3 Å². The van der Waals surface area contributed by atoms with Gasteiger partial charge in [-0.05, 0) is 23.8 Å². The van der Waals surface area contributed by atoms with E-state index in [2.05, 4.69) is 19.8 Å². The molecule has 1 saturated heterocycles. The van der Waals surface area contributed by atoms with Crippen LogP contribution in [-0.2, 0) is 6.54 Å². The van der Waals surface area contributed by atoms with E-state index < -0.39 is 0 Å². The van der Waals surface area contributed by atoms with Crippen LogP contribution >= 0.6 is 0 Å². The molecule has 3 aromatic rings. The molecule has 28 heavy (non-hydrogen) atoms. The molecule has 0 bridgehead atoms. The van der Waals surface area contributed by atoms with Gasteiger partial charge in [-0.15, -0.1) is 0 Å². The van der Waals surface area contributed by atoms with Crippen LogP contribution in [0.4, 0.5) is 11.5 Å². The van der Waals surface area contributed by atoms with Crippen LogP contribution in [0.5, 0.6) is 0 Å². The van der Waals surface area contributed by atoms with E-state index in [1.807, 2.05) is 54.9 Å². The quantitative estimate of drug-likeness (QED) is 0.503. The Labute approximate surface area is 163 Å². The lowest BCUT2D eigenvalue weighted by atomic mass is 10.1. The van der Waals surface area contributed by atoms with Crippen molar-refractivity contribution in [3.63, 3.8) is 0 Å². The summed E-state index contributed by atoms with van der Waals surface area (Å²) in [5.41, 5.74) is 2.46. The van der Waals surface area contributed by atoms with Gasteiger partial charge in [-0.2, -0.15) is 0 Å². The first-order valence-corrected chi connectivity index (χ1v) is 9.28. The van der Waals surface area contributed by atoms with E-state index in [1.54, 1.807) is 12.1 Å². The summed E-state index contributed by atoms with van der Waals surface area (Å²) in [6.45, 7) is 4.41. The van der Waals surface area contributed by atoms with E-state index in [0.29, 0.717) is 5.69 Å². The number of anilines is 1. The van der Waals surface area contributed by atoms with Gasteiger partial charge in [-0.1, -0.05) is 30.3 Å². The number of aromatic nitrogens is 2. The third-order valence-electron chi connectivity index (χ3n) is 4.95. The predicted molar refractivity (Wildman–Crippen MR) is 108 cm³/mol. The average Bonchev–Trinajstić information content (AvgIpc) is 2.75. The summed E-state index contributed by atoms with van der Waals surface area (Å²) in [6.07, 6.45) is 3.63. The first-order valence-electron chi connectivity index (χ1n) is 9.28.